The van der Waals surface area contributed by atoms with Crippen LogP contribution < -0.4 is 5.32 Å². The molecule has 0 aromatic carbocycles. The minimum atomic E-state index is -0.845. The summed E-state index contributed by atoms with van der Waals surface area (Å²) in [5.41, 5.74) is 1.93. The van der Waals surface area contributed by atoms with Crippen LogP contribution in [0.4, 0.5) is 4.39 Å². The van der Waals surface area contributed by atoms with E-state index in [0.717, 1.165) is 11.1 Å². The van der Waals surface area contributed by atoms with Crippen LogP contribution in [0, 0.1) is 0 Å². The molecule has 2 atom stereocenters. The van der Waals surface area contributed by atoms with E-state index in [4.69, 9.17) is 0 Å². The SMILES string of the molecule is Cn1cc(CC(=O)NC[C@@H]2C[C@H](F)CN2Cc2cnn(C)c2)cn1. The molecule has 1 aliphatic rings. The lowest BCUT2D eigenvalue weighted by Crippen LogP contribution is -2.40. The molecule has 1 amide bonds. The molecular weight excluding hydrogens is 311 g/mol. The number of aryl methyl sites for hydroxylation is 2. The molecule has 1 fully saturated rings. The fraction of sp³-hybridized carbons (Fsp3) is 0.562. The zero-order valence-electron chi connectivity index (χ0n) is 14.0. The maximum absolute atomic E-state index is 13.8. The van der Waals surface area contributed by atoms with Gasteiger partial charge in [0.05, 0.1) is 18.8 Å². The molecule has 2 aromatic heterocycles. The number of halogens is 1. The molecular formula is C16H23FN6O. The van der Waals surface area contributed by atoms with Crippen molar-refractivity contribution in [2.75, 3.05) is 13.1 Å². The van der Waals surface area contributed by atoms with Gasteiger partial charge in [-0.2, -0.15) is 10.2 Å². The molecule has 2 aromatic rings. The summed E-state index contributed by atoms with van der Waals surface area (Å²) in [7, 11) is 3.68. The van der Waals surface area contributed by atoms with Crippen LogP contribution in [-0.2, 0) is 31.9 Å². The number of rotatable bonds is 6. The first-order valence-corrected chi connectivity index (χ1v) is 8.09. The van der Waals surface area contributed by atoms with Crippen LogP contribution in [0.1, 0.15) is 17.5 Å². The van der Waals surface area contributed by atoms with Gasteiger partial charge < -0.3 is 5.32 Å². The van der Waals surface area contributed by atoms with Crippen LogP contribution in [0.3, 0.4) is 0 Å². The van der Waals surface area contributed by atoms with Crippen molar-refractivity contribution in [2.45, 2.75) is 31.6 Å². The fourth-order valence-corrected chi connectivity index (χ4v) is 3.16. The van der Waals surface area contributed by atoms with Gasteiger partial charge in [-0.3, -0.25) is 19.1 Å². The van der Waals surface area contributed by atoms with Gasteiger partial charge in [0.25, 0.3) is 0 Å². The van der Waals surface area contributed by atoms with Crippen LogP contribution >= 0.6 is 0 Å². The fourth-order valence-electron chi connectivity index (χ4n) is 3.16. The van der Waals surface area contributed by atoms with Crippen LogP contribution in [0.5, 0.6) is 0 Å². The highest BCUT2D eigenvalue weighted by Gasteiger charge is 2.32. The Bertz CT molecular complexity index is 696. The van der Waals surface area contributed by atoms with Gasteiger partial charge in [-0.15, -0.1) is 0 Å². The molecule has 1 N–H and O–H groups in total. The topological polar surface area (TPSA) is 68.0 Å². The molecule has 8 heteroatoms. The minimum absolute atomic E-state index is 0.0121. The molecule has 0 aliphatic carbocycles. The van der Waals surface area contributed by atoms with Crippen molar-refractivity contribution in [1.82, 2.24) is 29.8 Å². The first-order valence-electron chi connectivity index (χ1n) is 8.09. The van der Waals surface area contributed by atoms with Gasteiger partial charge in [0.2, 0.25) is 5.91 Å². The Morgan fingerprint density at radius 3 is 2.54 bits per heavy atom. The average molecular weight is 334 g/mol. The van der Waals surface area contributed by atoms with E-state index in [2.05, 4.69) is 20.4 Å². The van der Waals surface area contributed by atoms with Crippen molar-refractivity contribution >= 4 is 5.91 Å². The minimum Gasteiger partial charge on any atom is -0.354 e. The van der Waals surface area contributed by atoms with Crippen molar-refractivity contribution in [1.29, 1.82) is 0 Å². The van der Waals surface area contributed by atoms with Crippen molar-refractivity contribution in [2.24, 2.45) is 14.1 Å². The molecule has 3 heterocycles. The van der Waals surface area contributed by atoms with Crippen molar-refractivity contribution in [3.05, 3.63) is 35.9 Å². The smallest absolute Gasteiger partial charge is 0.224 e. The summed E-state index contributed by atoms with van der Waals surface area (Å²) >= 11 is 0. The van der Waals surface area contributed by atoms with Crippen LogP contribution in [0.2, 0.25) is 0 Å². The molecule has 130 valence electrons. The summed E-state index contributed by atoms with van der Waals surface area (Å²) in [4.78, 5) is 14.1. The first-order chi connectivity index (χ1) is 11.5. The average Bonchev–Trinajstić information content (AvgIpc) is 3.20. The third kappa shape index (κ3) is 4.19. The molecule has 3 rings (SSSR count). The van der Waals surface area contributed by atoms with Gasteiger partial charge in [-0.1, -0.05) is 0 Å². The predicted octanol–water partition coefficient (Wildman–Crippen LogP) is 0.425. The second kappa shape index (κ2) is 7.12. The van der Waals surface area contributed by atoms with Gasteiger partial charge in [0.1, 0.15) is 6.17 Å². The maximum Gasteiger partial charge on any atom is 0.224 e. The van der Waals surface area contributed by atoms with Crippen molar-refractivity contribution in [3.8, 4) is 0 Å². The number of carbonyl (C=O) groups excluding carboxylic acids is 1. The quantitative estimate of drug-likeness (QED) is 0.832. The monoisotopic (exact) mass is 334 g/mol. The second-order valence-corrected chi connectivity index (χ2v) is 6.44. The number of alkyl halides is 1. The largest absolute Gasteiger partial charge is 0.354 e. The van der Waals surface area contributed by atoms with Gasteiger partial charge in [0.15, 0.2) is 0 Å². The number of carbonyl (C=O) groups is 1. The van der Waals surface area contributed by atoms with E-state index in [1.54, 1.807) is 21.8 Å². The lowest BCUT2D eigenvalue weighted by atomic mass is 10.2. The summed E-state index contributed by atoms with van der Waals surface area (Å²) in [6.07, 6.45) is 7.13. The standard InChI is InChI=1S/C16H23FN6O/c1-21-8-12(5-19-21)3-16(24)18-7-15-4-14(17)11-23(15)10-13-6-20-22(2)9-13/h5-6,8-9,14-15H,3-4,7,10-11H2,1-2H3,(H,18,24)/t14-,15-/m0/s1. The molecule has 1 aliphatic heterocycles. The zero-order valence-corrected chi connectivity index (χ0v) is 14.0. The lowest BCUT2D eigenvalue weighted by molar-refractivity contribution is -0.120. The van der Waals surface area contributed by atoms with E-state index in [1.807, 2.05) is 26.5 Å². The van der Waals surface area contributed by atoms with E-state index in [1.165, 1.54) is 0 Å². The van der Waals surface area contributed by atoms with Crippen molar-refractivity contribution < 1.29 is 9.18 Å². The number of nitrogens with one attached hydrogen (secondary N) is 1. The molecule has 24 heavy (non-hydrogen) atoms. The van der Waals surface area contributed by atoms with Gasteiger partial charge in [-0.05, 0) is 12.0 Å². The Morgan fingerprint density at radius 1 is 1.25 bits per heavy atom. The molecule has 0 spiro atoms. The molecule has 1 saturated heterocycles. The zero-order chi connectivity index (χ0) is 17.1. The summed E-state index contributed by atoms with van der Waals surface area (Å²) in [6, 6.07) is 0.0121. The third-order valence-corrected chi connectivity index (χ3v) is 4.28. The number of aromatic nitrogens is 4. The molecule has 0 unspecified atom stereocenters. The number of amides is 1. The lowest BCUT2D eigenvalue weighted by Gasteiger charge is -2.23. The maximum atomic E-state index is 13.8. The summed E-state index contributed by atoms with van der Waals surface area (Å²) in [5, 5.41) is 11.1. The van der Waals surface area contributed by atoms with E-state index < -0.39 is 6.17 Å². The Morgan fingerprint density at radius 2 is 1.92 bits per heavy atom. The Labute approximate surface area is 140 Å². The highest BCUT2D eigenvalue weighted by Crippen LogP contribution is 2.22. The summed E-state index contributed by atoms with van der Waals surface area (Å²) in [6.45, 7) is 1.51. The van der Waals surface area contributed by atoms with E-state index in [-0.39, 0.29) is 11.9 Å². The number of hydrogen-bond donors (Lipinski definition) is 1. The molecule has 0 bridgehead atoms. The van der Waals surface area contributed by atoms with E-state index in [9.17, 15) is 9.18 Å². The molecule has 0 radical (unpaired) electrons. The number of nitrogens with zero attached hydrogens (tertiary/aromatic N) is 5. The molecule has 0 saturated carbocycles. The third-order valence-electron chi connectivity index (χ3n) is 4.28. The highest BCUT2D eigenvalue weighted by molar-refractivity contribution is 5.78. The summed E-state index contributed by atoms with van der Waals surface area (Å²) in [5.74, 6) is -0.0633. The van der Waals surface area contributed by atoms with Crippen LogP contribution in [0.25, 0.3) is 0 Å². The van der Waals surface area contributed by atoms with Gasteiger partial charge in [0, 0.05) is 57.7 Å². The van der Waals surface area contributed by atoms with Crippen molar-refractivity contribution in [3.63, 3.8) is 0 Å². The van der Waals surface area contributed by atoms with Crippen LogP contribution in [-0.4, -0.2) is 55.7 Å². The predicted molar refractivity (Wildman–Crippen MR) is 86.8 cm³/mol. The second-order valence-electron chi connectivity index (χ2n) is 6.44. The van der Waals surface area contributed by atoms with Crippen LogP contribution in [0.15, 0.2) is 24.8 Å². The molecule has 7 nitrogen and oxygen atoms in total. The number of likely N-dealkylation sites (tertiary alicyclic amines) is 1. The van der Waals surface area contributed by atoms with E-state index >= 15 is 0 Å². The van der Waals surface area contributed by atoms with Gasteiger partial charge >= 0.3 is 0 Å². The van der Waals surface area contributed by atoms with E-state index in [0.29, 0.717) is 32.5 Å². The summed E-state index contributed by atoms with van der Waals surface area (Å²) < 4.78 is 17.2. The Kier molecular flexibility index (Phi) is 4.94. The first kappa shape index (κ1) is 16.6. The normalized spacial score (nSPS) is 21.3. The van der Waals surface area contributed by atoms with Gasteiger partial charge in [-0.25, -0.2) is 4.39 Å². The Hall–Kier alpha value is -2.22. The Balaban J connectivity index is 1.51. The highest BCUT2D eigenvalue weighted by atomic mass is 19.1. The number of hydrogen-bond acceptors (Lipinski definition) is 4.